The molecule has 0 spiro atoms. The summed E-state index contributed by atoms with van der Waals surface area (Å²) in [6, 6.07) is 6.94. The maximum Gasteiger partial charge on any atom is 0.261 e. The van der Waals surface area contributed by atoms with Crippen molar-refractivity contribution in [2.75, 3.05) is 25.0 Å². The van der Waals surface area contributed by atoms with Gasteiger partial charge in [-0.25, -0.2) is 9.97 Å². The van der Waals surface area contributed by atoms with Crippen molar-refractivity contribution in [1.29, 1.82) is 0 Å². The molecule has 158 valence electrons. The number of anilines is 1. The van der Waals surface area contributed by atoms with Crippen LogP contribution in [0.15, 0.2) is 30.5 Å². The minimum absolute atomic E-state index is 0.219. The summed E-state index contributed by atoms with van der Waals surface area (Å²) in [5, 5.41) is 0. The van der Waals surface area contributed by atoms with Crippen molar-refractivity contribution < 1.29 is 9.59 Å². The van der Waals surface area contributed by atoms with Crippen molar-refractivity contribution in [1.82, 2.24) is 14.9 Å². The minimum Gasteiger partial charge on any atom is -0.359 e. The van der Waals surface area contributed by atoms with Gasteiger partial charge in [-0.15, -0.1) is 0 Å². The van der Waals surface area contributed by atoms with Crippen LogP contribution in [0.5, 0.6) is 0 Å². The number of benzene rings is 1. The fourth-order valence-corrected chi connectivity index (χ4v) is 3.20. The van der Waals surface area contributed by atoms with Gasteiger partial charge in [-0.2, -0.15) is 0 Å². The molecule has 1 aliphatic rings. The van der Waals surface area contributed by atoms with E-state index in [-0.39, 0.29) is 11.8 Å². The zero-order chi connectivity index (χ0) is 22.1. The van der Waals surface area contributed by atoms with Crippen LogP contribution in [0.2, 0.25) is 0 Å². The van der Waals surface area contributed by atoms with Crippen LogP contribution in [0, 0.1) is 18.8 Å². The number of imide groups is 1. The summed E-state index contributed by atoms with van der Waals surface area (Å²) >= 11 is 0. The summed E-state index contributed by atoms with van der Waals surface area (Å²) in [6.07, 6.45) is 3.98. The molecule has 3 rings (SSSR count). The molecule has 2 heterocycles. The van der Waals surface area contributed by atoms with Crippen molar-refractivity contribution >= 4 is 17.6 Å². The van der Waals surface area contributed by atoms with Crippen LogP contribution < -0.4 is 4.90 Å². The van der Waals surface area contributed by atoms with Gasteiger partial charge in [0, 0.05) is 32.8 Å². The number of nitrogens with zero attached hydrogens (tertiary/aromatic N) is 4. The Bertz CT molecular complexity index is 924. The Labute approximate surface area is 179 Å². The van der Waals surface area contributed by atoms with Crippen LogP contribution in [0.3, 0.4) is 0 Å². The van der Waals surface area contributed by atoms with Gasteiger partial charge < -0.3 is 4.90 Å². The molecule has 0 unspecified atom stereocenters. The summed E-state index contributed by atoms with van der Waals surface area (Å²) in [5.74, 6) is 7.38. The van der Waals surface area contributed by atoms with Gasteiger partial charge in [0.2, 0.25) is 0 Å². The van der Waals surface area contributed by atoms with Crippen LogP contribution in [-0.2, 0) is 0 Å². The van der Waals surface area contributed by atoms with Crippen LogP contribution in [-0.4, -0.2) is 46.8 Å². The van der Waals surface area contributed by atoms with E-state index in [1.54, 1.807) is 30.5 Å². The maximum atomic E-state index is 12.4. The summed E-state index contributed by atoms with van der Waals surface area (Å²) in [4.78, 5) is 36.9. The standard InChI is InChI=1S/C22H24N4O2.C2H6/c1-4-13-25(3)20-17(15-23-16(2)24-20)10-6-5-9-14-26-21(27)18-11-7-8-12-19(18)22(26)28;1-2/h7-8,11-12,15H,4-5,9,13-14H2,1-3H3;1-2H3. The van der Waals surface area contributed by atoms with Gasteiger partial charge in [0.05, 0.1) is 16.7 Å². The molecule has 6 heteroatoms. The second kappa shape index (κ2) is 11.1. The van der Waals surface area contributed by atoms with Crippen molar-refractivity contribution in [3.05, 3.63) is 53.0 Å². The average Bonchev–Trinajstić information content (AvgIpc) is 3.01. The Morgan fingerprint density at radius 3 is 2.33 bits per heavy atom. The van der Waals surface area contributed by atoms with E-state index in [4.69, 9.17) is 0 Å². The zero-order valence-corrected chi connectivity index (χ0v) is 18.5. The highest BCUT2D eigenvalue weighted by Crippen LogP contribution is 2.22. The fourth-order valence-electron chi connectivity index (χ4n) is 3.20. The molecule has 1 aliphatic heterocycles. The summed E-state index contributed by atoms with van der Waals surface area (Å²) in [5.41, 5.74) is 1.76. The summed E-state index contributed by atoms with van der Waals surface area (Å²) < 4.78 is 0. The topological polar surface area (TPSA) is 66.4 Å². The molecular formula is C24H30N4O2. The number of rotatable bonds is 6. The largest absolute Gasteiger partial charge is 0.359 e. The maximum absolute atomic E-state index is 12.4. The number of unbranched alkanes of at least 4 members (excludes halogenated alkanes) is 1. The molecule has 1 aromatic heterocycles. The number of aromatic nitrogens is 2. The second-order valence-electron chi connectivity index (χ2n) is 6.79. The third-order valence-corrected chi connectivity index (χ3v) is 4.59. The molecular weight excluding hydrogens is 376 g/mol. The van der Waals surface area contributed by atoms with Crippen molar-refractivity contribution in [3.8, 4) is 11.8 Å². The second-order valence-corrected chi connectivity index (χ2v) is 6.79. The fraction of sp³-hybridized carbons (Fsp3) is 0.417. The van der Waals surface area contributed by atoms with E-state index in [2.05, 4.69) is 33.6 Å². The highest BCUT2D eigenvalue weighted by Gasteiger charge is 2.34. The molecule has 0 saturated heterocycles. The van der Waals surface area contributed by atoms with Gasteiger partial charge in [-0.1, -0.05) is 44.7 Å². The van der Waals surface area contributed by atoms with E-state index in [1.165, 1.54) is 4.90 Å². The van der Waals surface area contributed by atoms with Gasteiger partial charge in [-0.05, 0) is 31.9 Å². The molecule has 0 atom stereocenters. The molecule has 0 radical (unpaired) electrons. The number of amides is 2. The van der Waals surface area contributed by atoms with E-state index in [0.717, 1.165) is 24.3 Å². The van der Waals surface area contributed by atoms with E-state index in [9.17, 15) is 9.59 Å². The van der Waals surface area contributed by atoms with E-state index < -0.39 is 0 Å². The lowest BCUT2D eigenvalue weighted by Gasteiger charge is -2.18. The van der Waals surface area contributed by atoms with Crippen LogP contribution >= 0.6 is 0 Å². The molecule has 30 heavy (non-hydrogen) atoms. The third-order valence-electron chi connectivity index (χ3n) is 4.59. The number of aryl methyl sites for hydroxylation is 1. The number of hydrogen-bond donors (Lipinski definition) is 0. The molecule has 0 N–H and O–H groups in total. The molecule has 2 amide bonds. The smallest absolute Gasteiger partial charge is 0.261 e. The predicted octanol–water partition coefficient (Wildman–Crippen LogP) is 4.09. The van der Waals surface area contributed by atoms with E-state index >= 15 is 0 Å². The first-order valence-electron chi connectivity index (χ1n) is 10.5. The van der Waals surface area contributed by atoms with Gasteiger partial charge >= 0.3 is 0 Å². The zero-order valence-electron chi connectivity index (χ0n) is 18.5. The van der Waals surface area contributed by atoms with E-state index in [1.807, 2.05) is 27.8 Å². The molecule has 0 bridgehead atoms. The lowest BCUT2D eigenvalue weighted by molar-refractivity contribution is 0.0653. The van der Waals surface area contributed by atoms with Gasteiger partial charge in [0.25, 0.3) is 11.8 Å². The Kier molecular flexibility index (Phi) is 8.54. The van der Waals surface area contributed by atoms with E-state index in [0.29, 0.717) is 36.3 Å². The Morgan fingerprint density at radius 1 is 1.10 bits per heavy atom. The SMILES string of the molecule is CC.CCCN(C)c1nc(C)ncc1C#CCCCN1C(=O)c2ccccc2C1=O. The molecule has 6 nitrogen and oxygen atoms in total. The highest BCUT2D eigenvalue weighted by molar-refractivity contribution is 6.21. The molecule has 0 saturated carbocycles. The first-order valence-corrected chi connectivity index (χ1v) is 10.5. The van der Waals surface area contributed by atoms with Crippen molar-refractivity contribution in [3.63, 3.8) is 0 Å². The van der Waals surface area contributed by atoms with Crippen LogP contribution in [0.25, 0.3) is 0 Å². The number of carbonyl (C=O) groups is 2. The van der Waals surface area contributed by atoms with Crippen LogP contribution in [0.4, 0.5) is 5.82 Å². The molecule has 1 aromatic carbocycles. The lowest BCUT2D eigenvalue weighted by Crippen LogP contribution is -2.30. The minimum atomic E-state index is -0.219. The number of fused-ring (bicyclic) bond motifs is 1. The van der Waals surface area contributed by atoms with Crippen molar-refractivity contribution in [2.45, 2.75) is 47.0 Å². The lowest BCUT2D eigenvalue weighted by atomic mass is 10.1. The number of carbonyl (C=O) groups excluding carboxylic acids is 2. The van der Waals surface area contributed by atoms with Gasteiger partial charge in [0.15, 0.2) is 0 Å². The quantitative estimate of drug-likeness (QED) is 0.411. The molecule has 2 aromatic rings. The Hall–Kier alpha value is -3.20. The van der Waals surface area contributed by atoms with Gasteiger partial charge in [0.1, 0.15) is 11.6 Å². The third kappa shape index (κ3) is 5.24. The molecule has 0 fully saturated rings. The van der Waals surface area contributed by atoms with Crippen LogP contribution in [0.1, 0.15) is 72.1 Å². The summed E-state index contributed by atoms with van der Waals surface area (Å²) in [7, 11) is 2.00. The first-order chi connectivity index (χ1) is 14.5. The Morgan fingerprint density at radius 2 is 1.73 bits per heavy atom. The van der Waals surface area contributed by atoms with Crippen molar-refractivity contribution in [2.24, 2.45) is 0 Å². The number of hydrogen-bond acceptors (Lipinski definition) is 5. The average molecular weight is 407 g/mol. The normalized spacial score (nSPS) is 12.0. The monoisotopic (exact) mass is 406 g/mol. The Balaban J connectivity index is 0.00000155. The summed E-state index contributed by atoms with van der Waals surface area (Å²) in [6.45, 7) is 9.25. The molecule has 0 aliphatic carbocycles. The first kappa shape index (κ1) is 23.1. The van der Waals surface area contributed by atoms with Gasteiger partial charge in [-0.3, -0.25) is 14.5 Å². The highest BCUT2D eigenvalue weighted by atomic mass is 16.2. The predicted molar refractivity (Wildman–Crippen MR) is 120 cm³/mol.